The Morgan fingerprint density at radius 2 is 1.41 bits per heavy atom. The second-order valence-corrected chi connectivity index (χ2v) is 13.8. The maximum Gasteiger partial charge on any atom is 0.255 e. The average molecular weight is 596 g/mol. The minimum atomic E-state index is -0.653. The molecule has 0 saturated carbocycles. The minimum Gasteiger partial charge on any atom is -0.481 e. The quantitative estimate of drug-likeness (QED) is 0.381. The molecule has 3 aliphatic rings. The molecule has 6 nitrogen and oxygen atoms in total. The summed E-state index contributed by atoms with van der Waals surface area (Å²) >= 11 is 13.2. The predicted molar refractivity (Wildman–Crippen MR) is 161 cm³/mol. The largest absolute Gasteiger partial charge is 0.481 e. The molecule has 0 atom stereocenters. The lowest BCUT2D eigenvalue weighted by Crippen LogP contribution is -2.45. The van der Waals surface area contributed by atoms with Gasteiger partial charge in [0.25, 0.3) is 5.91 Å². The summed E-state index contributed by atoms with van der Waals surface area (Å²) in [5.41, 5.74) is 9.94. The van der Waals surface area contributed by atoms with Gasteiger partial charge in [-0.05, 0) is 53.4 Å². The maximum absolute atomic E-state index is 14.0. The number of hydrogen-bond acceptors (Lipinski definition) is 5. The summed E-state index contributed by atoms with van der Waals surface area (Å²) in [6.45, 7) is 8.79. The molecule has 2 aromatic carbocycles. The number of carbonyl (C=O) groups is 3. The summed E-state index contributed by atoms with van der Waals surface area (Å²) in [5, 5.41) is 0.383. The third kappa shape index (κ3) is 5.96. The van der Waals surface area contributed by atoms with E-state index >= 15 is 0 Å². The van der Waals surface area contributed by atoms with Crippen LogP contribution < -0.4 is 10.5 Å². The first-order chi connectivity index (χ1) is 19.3. The molecular weight excluding hydrogens is 559 g/mol. The second kappa shape index (κ2) is 11.0. The molecule has 2 N–H and O–H groups in total. The SMILES string of the molecule is CC1(C)CC(=O)C2=C(C1)N(CCc1ccccc1)C1=C(C(=O)CC(C)(C)C1)C2c1cc(Cl)c(OCC(N)=O)c(Cl)c1. The first kappa shape index (κ1) is 29.4. The molecule has 0 spiro atoms. The Morgan fingerprint density at radius 3 is 1.90 bits per heavy atom. The fraction of sp³-hybridized carbons (Fsp3) is 0.424. The van der Waals surface area contributed by atoms with Crippen LogP contribution in [0.2, 0.25) is 10.0 Å². The van der Waals surface area contributed by atoms with Crippen molar-refractivity contribution in [2.45, 2.75) is 65.7 Å². The Labute approximate surface area is 251 Å². The summed E-state index contributed by atoms with van der Waals surface area (Å²) in [5.74, 6) is -1.01. The topological polar surface area (TPSA) is 89.7 Å². The van der Waals surface area contributed by atoms with Crippen LogP contribution >= 0.6 is 23.2 Å². The van der Waals surface area contributed by atoms with Crippen molar-refractivity contribution in [1.82, 2.24) is 4.90 Å². The van der Waals surface area contributed by atoms with Crippen molar-refractivity contribution in [3.8, 4) is 5.75 Å². The number of nitrogens with two attached hydrogens (primary N) is 1. The zero-order valence-electron chi connectivity index (χ0n) is 24.0. The van der Waals surface area contributed by atoms with E-state index in [1.165, 1.54) is 5.56 Å². The van der Waals surface area contributed by atoms with E-state index in [9.17, 15) is 14.4 Å². The number of ketones is 2. The van der Waals surface area contributed by atoms with Gasteiger partial charge in [0.15, 0.2) is 23.9 Å². The highest BCUT2D eigenvalue weighted by molar-refractivity contribution is 6.37. The fourth-order valence-electron chi connectivity index (χ4n) is 6.56. The van der Waals surface area contributed by atoms with Gasteiger partial charge in [0.05, 0.1) is 10.0 Å². The number of allylic oxidation sites excluding steroid dienone is 4. The normalized spacial score (nSPS) is 20.2. The van der Waals surface area contributed by atoms with Gasteiger partial charge in [-0.25, -0.2) is 0 Å². The van der Waals surface area contributed by atoms with E-state index in [2.05, 4.69) is 44.7 Å². The lowest BCUT2D eigenvalue weighted by Gasteiger charge is -2.49. The molecule has 216 valence electrons. The number of carbonyl (C=O) groups excluding carboxylic acids is 3. The third-order valence-corrected chi connectivity index (χ3v) is 8.76. The summed E-state index contributed by atoms with van der Waals surface area (Å²) in [6, 6.07) is 13.7. The van der Waals surface area contributed by atoms with Crippen molar-refractivity contribution in [2.75, 3.05) is 13.2 Å². The molecular formula is C33H36Cl2N2O4. The summed E-state index contributed by atoms with van der Waals surface area (Å²) in [6.07, 6.45) is 2.99. The van der Waals surface area contributed by atoms with Crippen LogP contribution in [-0.2, 0) is 20.8 Å². The van der Waals surface area contributed by atoms with Gasteiger partial charge in [-0.15, -0.1) is 0 Å². The molecule has 1 heterocycles. The van der Waals surface area contributed by atoms with E-state index in [4.69, 9.17) is 33.7 Å². The Kier molecular flexibility index (Phi) is 7.86. The van der Waals surface area contributed by atoms with Crippen molar-refractivity contribution >= 4 is 40.7 Å². The minimum absolute atomic E-state index is 0.0384. The molecule has 2 aromatic rings. The second-order valence-electron chi connectivity index (χ2n) is 13.0. The molecule has 8 heteroatoms. The molecule has 1 amide bonds. The monoisotopic (exact) mass is 594 g/mol. The van der Waals surface area contributed by atoms with Crippen molar-refractivity contribution in [3.05, 3.63) is 86.2 Å². The van der Waals surface area contributed by atoms with Crippen LogP contribution in [-0.4, -0.2) is 35.5 Å². The van der Waals surface area contributed by atoms with Gasteiger partial charge in [0.2, 0.25) is 0 Å². The molecule has 0 radical (unpaired) electrons. The van der Waals surface area contributed by atoms with Crippen LogP contribution in [0.15, 0.2) is 65.0 Å². The standard InChI is InChI=1S/C33H36Cl2N2O4/c1-32(2)14-23-29(25(38)16-32)28(20-12-21(34)31(22(35)13-20)41-18-27(36)40)30-24(15-33(3,4)17-26(30)39)37(23)11-10-19-8-6-5-7-9-19/h5-9,12-13,28H,10-11,14-18H2,1-4H3,(H2,36,40). The van der Waals surface area contributed by atoms with Crippen LogP contribution in [0.5, 0.6) is 5.75 Å². The number of benzene rings is 2. The first-order valence-electron chi connectivity index (χ1n) is 14.0. The molecule has 0 aromatic heterocycles. The lowest BCUT2D eigenvalue weighted by atomic mass is 9.63. The average Bonchev–Trinajstić information content (AvgIpc) is 2.85. The van der Waals surface area contributed by atoms with Crippen LogP contribution in [0.4, 0.5) is 0 Å². The van der Waals surface area contributed by atoms with Crippen LogP contribution in [0.25, 0.3) is 0 Å². The van der Waals surface area contributed by atoms with E-state index in [0.29, 0.717) is 48.9 Å². The van der Waals surface area contributed by atoms with E-state index in [-0.39, 0.29) is 44.8 Å². The maximum atomic E-state index is 14.0. The fourth-order valence-corrected chi connectivity index (χ4v) is 7.18. The number of Topliss-reactive ketones (excluding diaryl/α,β-unsaturated/α-hetero) is 2. The van der Waals surface area contributed by atoms with E-state index < -0.39 is 11.8 Å². The van der Waals surface area contributed by atoms with Gasteiger partial charge < -0.3 is 15.4 Å². The predicted octanol–water partition coefficient (Wildman–Crippen LogP) is 6.79. The van der Waals surface area contributed by atoms with Crippen molar-refractivity contribution < 1.29 is 19.1 Å². The van der Waals surface area contributed by atoms with E-state index in [1.807, 2.05) is 18.2 Å². The molecule has 2 aliphatic carbocycles. The van der Waals surface area contributed by atoms with Crippen LogP contribution in [0, 0.1) is 10.8 Å². The highest BCUT2D eigenvalue weighted by Gasteiger charge is 2.49. The number of amides is 1. The van der Waals surface area contributed by atoms with Crippen molar-refractivity contribution in [1.29, 1.82) is 0 Å². The summed E-state index contributed by atoms with van der Waals surface area (Å²) in [4.78, 5) is 41.6. The number of halogens is 2. The Bertz CT molecular complexity index is 1410. The summed E-state index contributed by atoms with van der Waals surface area (Å²) < 4.78 is 5.47. The molecule has 0 unspecified atom stereocenters. The Balaban J connectivity index is 1.69. The van der Waals surface area contributed by atoms with E-state index in [1.54, 1.807) is 12.1 Å². The smallest absolute Gasteiger partial charge is 0.255 e. The van der Waals surface area contributed by atoms with E-state index in [0.717, 1.165) is 17.8 Å². The van der Waals surface area contributed by atoms with Gasteiger partial charge in [-0.3, -0.25) is 14.4 Å². The molecule has 41 heavy (non-hydrogen) atoms. The number of nitrogens with zero attached hydrogens (tertiary/aromatic N) is 1. The van der Waals surface area contributed by atoms with Crippen molar-refractivity contribution in [3.63, 3.8) is 0 Å². The molecule has 5 rings (SSSR count). The van der Waals surface area contributed by atoms with Crippen molar-refractivity contribution in [2.24, 2.45) is 16.6 Å². The first-order valence-corrected chi connectivity index (χ1v) is 14.8. The molecule has 1 aliphatic heterocycles. The summed E-state index contributed by atoms with van der Waals surface area (Å²) in [7, 11) is 0. The number of rotatable bonds is 7. The highest BCUT2D eigenvalue weighted by atomic mass is 35.5. The zero-order chi connectivity index (χ0) is 29.7. The number of hydrogen-bond donors (Lipinski definition) is 1. The third-order valence-electron chi connectivity index (χ3n) is 8.20. The van der Waals surface area contributed by atoms with Gasteiger partial charge in [0.1, 0.15) is 0 Å². The number of primary amides is 1. The number of ether oxygens (including phenoxy) is 1. The molecule has 0 bridgehead atoms. The van der Waals surface area contributed by atoms with Crippen LogP contribution in [0.1, 0.15) is 70.4 Å². The van der Waals surface area contributed by atoms with Gasteiger partial charge in [-0.2, -0.15) is 0 Å². The van der Waals surface area contributed by atoms with Gasteiger partial charge in [-0.1, -0.05) is 81.2 Å². The molecule has 0 fully saturated rings. The highest BCUT2D eigenvalue weighted by Crippen LogP contribution is 2.55. The molecule has 0 saturated heterocycles. The zero-order valence-corrected chi connectivity index (χ0v) is 25.5. The Morgan fingerprint density at radius 1 is 0.902 bits per heavy atom. The van der Waals surface area contributed by atoms with Crippen LogP contribution in [0.3, 0.4) is 0 Å². The lowest BCUT2D eigenvalue weighted by molar-refractivity contribution is -0.121. The Hall–Kier alpha value is -3.09. The van der Waals surface area contributed by atoms with Gasteiger partial charge in [0, 0.05) is 47.8 Å². The van der Waals surface area contributed by atoms with Gasteiger partial charge >= 0.3 is 0 Å².